The monoisotopic (exact) mass is 394 g/mol. The van der Waals surface area contributed by atoms with Crippen LogP contribution >= 0.6 is 35.5 Å². The van der Waals surface area contributed by atoms with E-state index in [1.807, 2.05) is 30.0 Å². The predicted octanol–water partition coefficient (Wildman–Crippen LogP) is 5.34. The van der Waals surface area contributed by atoms with E-state index in [0.717, 1.165) is 35.1 Å². The van der Waals surface area contributed by atoms with Crippen molar-refractivity contribution in [3.63, 3.8) is 0 Å². The highest BCUT2D eigenvalue weighted by Crippen LogP contribution is 2.36. The smallest absolute Gasteiger partial charge is 0.151 e. The van der Waals surface area contributed by atoms with Gasteiger partial charge in [0.1, 0.15) is 5.82 Å². The molecule has 1 saturated heterocycles. The van der Waals surface area contributed by atoms with Crippen LogP contribution in [0.1, 0.15) is 17.9 Å². The topological polar surface area (TPSA) is 24.9 Å². The number of rotatable bonds is 4. The molecular formula is C19H20ClFN2S2. The third-order valence-electron chi connectivity index (χ3n) is 4.60. The van der Waals surface area contributed by atoms with E-state index in [1.165, 1.54) is 10.3 Å². The van der Waals surface area contributed by atoms with Crippen LogP contribution in [0.5, 0.6) is 0 Å². The number of nitrogens with zero attached hydrogens (tertiary/aromatic N) is 1. The van der Waals surface area contributed by atoms with Gasteiger partial charge in [0.15, 0.2) is 4.34 Å². The fraction of sp³-hybridized carbons (Fsp3) is 0.316. The van der Waals surface area contributed by atoms with Crippen LogP contribution < -0.4 is 5.32 Å². The number of benzene rings is 2. The number of halogens is 2. The van der Waals surface area contributed by atoms with Crippen LogP contribution in [-0.2, 0) is 0 Å². The number of para-hydroxylation sites is 1. The van der Waals surface area contributed by atoms with Gasteiger partial charge in [-0.1, -0.05) is 36.0 Å². The maximum absolute atomic E-state index is 13.2. The van der Waals surface area contributed by atoms with Crippen LogP contribution in [0.3, 0.4) is 0 Å². The van der Waals surface area contributed by atoms with Gasteiger partial charge in [0, 0.05) is 5.75 Å². The number of thiazole rings is 1. The first-order chi connectivity index (χ1) is 11.8. The number of nitrogens with one attached hydrogen (secondary N) is 1. The molecule has 0 radical (unpaired) electrons. The van der Waals surface area contributed by atoms with Gasteiger partial charge < -0.3 is 5.32 Å². The maximum atomic E-state index is 13.2. The first-order valence-electron chi connectivity index (χ1n) is 8.24. The Kier molecular flexibility index (Phi) is 6.34. The van der Waals surface area contributed by atoms with Crippen molar-refractivity contribution in [1.82, 2.24) is 10.3 Å². The van der Waals surface area contributed by atoms with Crippen molar-refractivity contribution >= 4 is 45.7 Å². The summed E-state index contributed by atoms with van der Waals surface area (Å²) in [5, 5.41) is 3.50. The molecule has 1 fully saturated rings. The van der Waals surface area contributed by atoms with E-state index in [-0.39, 0.29) is 18.2 Å². The lowest BCUT2D eigenvalue weighted by Crippen LogP contribution is -2.36. The molecule has 1 N–H and O–H groups in total. The van der Waals surface area contributed by atoms with Crippen LogP contribution in [0.4, 0.5) is 4.39 Å². The Morgan fingerprint density at radius 1 is 1.16 bits per heavy atom. The molecule has 0 saturated carbocycles. The highest BCUT2D eigenvalue weighted by atomic mass is 35.5. The molecule has 6 heteroatoms. The van der Waals surface area contributed by atoms with Gasteiger partial charge in [-0.15, -0.1) is 23.7 Å². The van der Waals surface area contributed by atoms with Gasteiger partial charge >= 0.3 is 0 Å². The minimum absolute atomic E-state index is 0. The third-order valence-corrected chi connectivity index (χ3v) is 6.97. The van der Waals surface area contributed by atoms with E-state index >= 15 is 0 Å². The zero-order chi connectivity index (χ0) is 16.4. The lowest BCUT2D eigenvalue weighted by atomic mass is 9.82. The lowest BCUT2D eigenvalue weighted by Gasteiger charge is -2.32. The summed E-state index contributed by atoms with van der Waals surface area (Å²) in [6.45, 7) is 2.05. The number of hydrogen-bond donors (Lipinski definition) is 1. The van der Waals surface area contributed by atoms with Crippen LogP contribution in [0.25, 0.3) is 10.2 Å². The second kappa shape index (κ2) is 8.49. The summed E-state index contributed by atoms with van der Waals surface area (Å²) in [5.41, 5.74) is 2.34. The molecule has 3 aromatic rings. The van der Waals surface area contributed by atoms with Gasteiger partial charge in [-0.3, -0.25) is 0 Å². The Hall–Kier alpha value is -1.14. The number of thioether (sulfide) groups is 1. The Balaban J connectivity index is 0.00000182. The van der Waals surface area contributed by atoms with E-state index in [4.69, 9.17) is 4.98 Å². The largest absolute Gasteiger partial charge is 0.316 e. The molecule has 0 amide bonds. The average molecular weight is 395 g/mol. The number of hydrogen-bond acceptors (Lipinski definition) is 4. The first kappa shape index (κ1) is 18.6. The number of fused-ring (bicyclic) bond motifs is 1. The van der Waals surface area contributed by atoms with E-state index in [2.05, 4.69) is 23.5 Å². The summed E-state index contributed by atoms with van der Waals surface area (Å²) in [6, 6.07) is 15.3. The van der Waals surface area contributed by atoms with E-state index in [0.29, 0.717) is 11.8 Å². The van der Waals surface area contributed by atoms with Crippen LogP contribution in [0.2, 0.25) is 0 Å². The summed E-state index contributed by atoms with van der Waals surface area (Å²) < 4.78 is 15.6. The van der Waals surface area contributed by atoms with Crippen molar-refractivity contribution in [2.75, 3.05) is 18.8 Å². The molecule has 4 rings (SSSR count). The van der Waals surface area contributed by atoms with E-state index in [1.54, 1.807) is 23.5 Å². The molecule has 1 aliphatic heterocycles. The summed E-state index contributed by atoms with van der Waals surface area (Å²) in [7, 11) is 0. The molecule has 0 spiro atoms. The highest BCUT2D eigenvalue weighted by molar-refractivity contribution is 8.01. The molecule has 1 aliphatic rings. The molecule has 2 heterocycles. The SMILES string of the molecule is Cl.Fc1ccc(C2CCNCC2CSc2nc3ccccc3s2)cc1. The zero-order valence-electron chi connectivity index (χ0n) is 13.7. The standard InChI is InChI=1S/C19H19FN2S2.ClH/c20-15-7-5-13(6-8-15)16-9-10-21-11-14(16)12-23-19-22-17-3-1-2-4-18(17)24-19;/h1-8,14,16,21H,9-12H2;1H. The molecular weight excluding hydrogens is 375 g/mol. The quantitative estimate of drug-likeness (QED) is 0.604. The summed E-state index contributed by atoms with van der Waals surface area (Å²) in [4.78, 5) is 4.72. The van der Waals surface area contributed by atoms with Crippen LogP contribution in [0, 0.1) is 11.7 Å². The Morgan fingerprint density at radius 2 is 1.96 bits per heavy atom. The predicted molar refractivity (Wildman–Crippen MR) is 108 cm³/mol. The molecule has 2 atom stereocenters. The summed E-state index contributed by atoms with van der Waals surface area (Å²) in [5.74, 6) is 1.91. The van der Waals surface area contributed by atoms with Gasteiger partial charge in [-0.2, -0.15) is 0 Å². The van der Waals surface area contributed by atoms with Crippen molar-refractivity contribution in [3.05, 3.63) is 59.9 Å². The fourth-order valence-corrected chi connectivity index (χ4v) is 5.61. The summed E-state index contributed by atoms with van der Waals surface area (Å²) in [6.07, 6.45) is 1.11. The second-order valence-electron chi connectivity index (χ2n) is 6.17. The van der Waals surface area contributed by atoms with Gasteiger partial charge in [0.2, 0.25) is 0 Å². The zero-order valence-corrected chi connectivity index (χ0v) is 16.1. The van der Waals surface area contributed by atoms with Gasteiger partial charge in [-0.25, -0.2) is 9.37 Å². The second-order valence-corrected chi connectivity index (χ2v) is 8.47. The maximum Gasteiger partial charge on any atom is 0.151 e. The van der Waals surface area contributed by atoms with E-state index < -0.39 is 0 Å². The molecule has 0 aliphatic carbocycles. The molecule has 1 aromatic heterocycles. The molecule has 132 valence electrons. The van der Waals surface area contributed by atoms with Crippen molar-refractivity contribution in [2.24, 2.45) is 5.92 Å². The normalized spacial score (nSPS) is 20.4. The highest BCUT2D eigenvalue weighted by Gasteiger charge is 2.26. The molecule has 0 bridgehead atoms. The molecule has 2 nitrogen and oxygen atoms in total. The molecule has 2 aromatic carbocycles. The van der Waals surface area contributed by atoms with Crippen LogP contribution in [-0.4, -0.2) is 23.8 Å². The number of piperidine rings is 1. The Morgan fingerprint density at radius 3 is 2.76 bits per heavy atom. The van der Waals surface area contributed by atoms with Crippen molar-refractivity contribution in [3.8, 4) is 0 Å². The average Bonchev–Trinajstić information content (AvgIpc) is 3.04. The lowest BCUT2D eigenvalue weighted by molar-refractivity contribution is 0.354. The fourth-order valence-electron chi connectivity index (χ4n) is 3.34. The van der Waals surface area contributed by atoms with Crippen molar-refractivity contribution < 1.29 is 4.39 Å². The molecule has 2 unspecified atom stereocenters. The third kappa shape index (κ3) is 4.34. The Labute approximate surface area is 161 Å². The summed E-state index contributed by atoms with van der Waals surface area (Å²) >= 11 is 3.61. The van der Waals surface area contributed by atoms with E-state index in [9.17, 15) is 4.39 Å². The minimum atomic E-state index is -0.159. The minimum Gasteiger partial charge on any atom is -0.316 e. The molecule has 25 heavy (non-hydrogen) atoms. The number of aromatic nitrogens is 1. The van der Waals surface area contributed by atoms with Gasteiger partial charge in [0.25, 0.3) is 0 Å². The Bertz CT molecular complexity index is 789. The van der Waals surface area contributed by atoms with Gasteiger partial charge in [0.05, 0.1) is 10.2 Å². The van der Waals surface area contributed by atoms with Crippen LogP contribution in [0.15, 0.2) is 52.9 Å². The first-order valence-corrected chi connectivity index (χ1v) is 10.0. The van der Waals surface area contributed by atoms with Crippen molar-refractivity contribution in [1.29, 1.82) is 0 Å². The van der Waals surface area contributed by atoms with Crippen molar-refractivity contribution in [2.45, 2.75) is 16.7 Å². The van der Waals surface area contributed by atoms with Gasteiger partial charge in [-0.05, 0) is 61.2 Å².